The minimum Gasteiger partial charge on any atom is -0.381 e. The van der Waals surface area contributed by atoms with Crippen LogP contribution in [0.4, 0.5) is 0 Å². The van der Waals surface area contributed by atoms with Crippen molar-refractivity contribution in [1.29, 1.82) is 0 Å². The number of para-hydroxylation sites is 1. The fourth-order valence-corrected chi connectivity index (χ4v) is 2.79. The molecular weight excluding hydrogens is 307 g/mol. The van der Waals surface area contributed by atoms with Crippen molar-refractivity contribution in [1.82, 2.24) is 9.55 Å². The minimum absolute atomic E-state index is 0.560. The maximum absolute atomic E-state index is 6.33. The number of fused-ring (bicyclic) bond motifs is 1. The van der Waals surface area contributed by atoms with Crippen LogP contribution in [0, 0.1) is 5.92 Å². The van der Waals surface area contributed by atoms with Gasteiger partial charge in [0, 0.05) is 32.1 Å². The first-order valence-electron chi connectivity index (χ1n) is 7.40. The predicted octanol–water partition coefficient (Wildman–Crippen LogP) is 4.53. The molecule has 0 unspecified atom stereocenters. The molecule has 0 atom stereocenters. The number of ether oxygens (including phenoxy) is 1. The van der Waals surface area contributed by atoms with E-state index < -0.39 is 0 Å². The summed E-state index contributed by atoms with van der Waals surface area (Å²) < 4.78 is 7.82. The van der Waals surface area contributed by atoms with Gasteiger partial charge in [0.15, 0.2) is 0 Å². The fraction of sp³-hybridized carbons (Fsp3) is 0.562. The molecule has 0 radical (unpaired) electrons. The number of imidazole rings is 1. The van der Waals surface area contributed by atoms with Gasteiger partial charge in [-0.25, -0.2) is 4.98 Å². The molecular formula is C16H22Cl2N2O. The first-order chi connectivity index (χ1) is 10.1. The number of aryl methyl sites for hydroxylation is 2. The normalized spacial score (nSPS) is 11.7. The van der Waals surface area contributed by atoms with Gasteiger partial charge in [-0.2, -0.15) is 0 Å². The van der Waals surface area contributed by atoms with E-state index in [-0.39, 0.29) is 0 Å². The summed E-state index contributed by atoms with van der Waals surface area (Å²) >= 11 is 12.2. The van der Waals surface area contributed by atoms with Gasteiger partial charge in [-0.1, -0.05) is 31.5 Å². The van der Waals surface area contributed by atoms with Crippen molar-refractivity contribution in [3.63, 3.8) is 0 Å². The van der Waals surface area contributed by atoms with Crippen molar-refractivity contribution < 1.29 is 4.74 Å². The van der Waals surface area contributed by atoms with Crippen LogP contribution in [-0.4, -0.2) is 28.6 Å². The third kappa shape index (κ3) is 4.35. The van der Waals surface area contributed by atoms with Crippen LogP contribution in [0.3, 0.4) is 0 Å². The molecule has 2 aromatic rings. The van der Waals surface area contributed by atoms with Crippen LogP contribution < -0.4 is 0 Å². The van der Waals surface area contributed by atoms with Gasteiger partial charge in [-0.15, -0.1) is 11.6 Å². The lowest BCUT2D eigenvalue weighted by Crippen LogP contribution is -2.09. The first kappa shape index (κ1) is 16.6. The molecule has 3 nitrogen and oxygen atoms in total. The summed E-state index contributed by atoms with van der Waals surface area (Å²) in [5, 5.41) is 0.740. The summed E-state index contributed by atoms with van der Waals surface area (Å²) in [7, 11) is 0. The molecule has 0 amide bonds. The highest BCUT2D eigenvalue weighted by Crippen LogP contribution is 2.25. The average molecular weight is 329 g/mol. The fourth-order valence-electron chi connectivity index (χ4n) is 2.35. The second-order valence-corrected chi connectivity index (χ2v) is 6.33. The maximum atomic E-state index is 6.33. The quantitative estimate of drug-likeness (QED) is 0.525. The van der Waals surface area contributed by atoms with Crippen molar-refractivity contribution >= 4 is 34.2 Å². The van der Waals surface area contributed by atoms with Gasteiger partial charge in [-0.3, -0.25) is 0 Å². The number of alkyl halides is 1. The number of rotatable bonds is 8. The highest BCUT2D eigenvalue weighted by Gasteiger charge is 2.12. The summed E-state index contributed by atoms with van der Waals surface area (Å²) in [6, 6.07) is 5.82. The Hall–Kier alpha value is -0.770. The maximum Gasteiger partial charge on any atom is 0.111 e. The van der Waals surface area contributed by atoms with Crippen LogP contribution in [0.5, 0.6) is 0 Å². The molecule has 0 aliphatic carbocycles. The molecule has 5 heteroatoms. The zero-order valence-electron chi connectivity index (χ0n) is 12.6. The number of benzene rings is 1. The SMILES string of the molecule is CC(C)COCCCn1c(CCCl)nc2cccc(Cl)c21. The van der Waals surface area contributed by atoms with Gasteiger partial charge in [-0.05, 0) is 24.5 Å². The average Bonchev–Trinajstić information content (AvgIpc) is 2.78. The monoisotopic (exact) mass is 328 g/mol. The zero-order valence-corrected chi connectivity index (χ0v) is 14.1. The Bertz CT molecular complexity index is 581. The Morgan fingerprint density at radius 3 is 2.86 bits per heavy atom. The van der Waals surface area contributed by atoms with Crippen molar-refractivity contribution in [2.75, 3.05) is 19.1 Å². The number of hydrogen-bond donors (Lipinski definition) is 0. The lowest BCUT2D eigenvalue weighted by Gasteiger charge is -2.10. The number of hydrogen-bond acceptors (Lipinski definition) is 2. The Morgan fingerprint density at radius 2 is 2.14 bits per heavy atom. The summed E-state index contributed by atoms with van der Waals surface area (Å²) in [6.45, 7) is 6.72. The highest BCUT2D eigenvalue weighted by molar-refractivity contribution is 6.35. The molecule has 0 fully saturated rings. The van der Waals surface area contributed by atoms with Crippen molar-refractivity contribution in [3.05, 3.63) is 29.0 Å². The van der Waals surface area contributed by atoms with Crippen molar-refractivity contribution in [3.8, 4) is 0 Å². The van der Waals surface area contributed by atoms with Gasteiger partial charge in [0.1, 0.15) is 5.82 Å². The van der Waals surface area contributed by atoms with E-state index in [0.717, 1.165) is 54.5 Å². The largest absolute Gasteiger partial charge is 0.381 e. The molecule has 1 heterocycles. The topological polar surface area (TPSA) is 27.1 Å². The van der Waals surface area contributed by atoms with Gasteiger partial charge in [0.05, 0.1) is 16.1 Å². The van der Waals surface area contributed by atoms with E-state index in [4.69, 9.17) is 27.9 Å². The Labute approximate surface area is 136 Å². The van der Waals surface area contributed by atoms with Crippen LogP contribution in [0.25, 0.3) is 11.0 Å². The van der Waals surface area contributed by atoms with E-state index in [0.29, 0.717) is 11.8 Å². The molecule has 2 rings (SSSR count). The Balaban J connectivity index is 2.10. The third-order valence-electron chi connectivity index (χ3n) is 3.24. The number of halogens is 2. The third-order valence-corrected chi connectivity index (χ3v) is 3.73. The van der Waals surface area contributed by atoms with Gasteiger partial charge < -0.3 is 9.30 Å². The summed E-state index contributed by atoms with van der Waals surface area (Å²) in [4.78, 5) is 4.64. The van der Waals surface area contributed by atoms with E-state index in [1.807, 2.05) is 18.2 Å². The number of aromatic nitrogens is 2. The minimum atomic E-state index is 0.560. The molecule has 0 saturated heterocycles. The molecule has 1 aromatic heterocycles. The molecule has 0 saturated carbocycles. The van der Waals surface area contributed by atoms with E-state index in [9.17, 15) is 0 Å². The molecule has 0 bridgehead atoms. The Kier molecular flexibility index (Phi) is 6.34. The standard InChI is InChI=1S/C16H22Cl2N2O/c1-12(2)11-21-10-4-9-20-15(7-8-17)19-14-6-3-5-13(18)16(14)20/h3,5-6,12H,4,7-11H2,1-2H3. The second kappa shape index (κ2) is 8.02. The van der Waals surface area contributed by atoms with E-state index >= 15 is 0 Å². The molecule has 0 N–H and O–H groups in total. The first-order valence-corrected chi connectivity index (χ1v) is 8.32. The predicted molar refractivity (Wildman–Crippen MR) is 89.4 cm³/mol. The van der Waals surface area contributed by atoms with Crippen LogP contribution in [-0.2, 0) is 17.7 Å². The van der Waals surface area contributed by atoms with Gasteiger partial charge in [0.25, 0.3) is 0 Å². The summed E-state index contributed by atoms with van der Waals surface area (Å²) in [5.41, 5.74) is 1.94. The van der Waals surface area contributed by atoms with Crippen molar-refractivity contribution in [2.24, 2.45) is 5.92 Å². The lowest BCUT2D eigenvalue weighted by molar-refractivity contribution is 0.105. The zero-order chi connectivity index (χ0) is 15.2. The Morgan fingerprint density at radius 1 is 1.33 bits per heavy atom. The molecule has 21 heavy (non-hydrogen) atoms. The van der Waals surface area contributed by atoms with Crippen LogP contribution >= 0.6 is 23.2 Å². The molecule has 1 aromatic carbocycles. The number of nitrogens with zero attached hydrogens (tertiary/aromatic N) is 2. The molecule has 0 aliphatic rings. The van der Waals surface area contributed by atoms with Crippen LogP contribution in [0.15, 0.2) is 18.2 Å². The van der Waals surface area contributed by atoms with E-state index in [1.165, 1.54) is 0 Å². The smallest absolute Gasteiger partial charge is 0.111 e. The molecule has 0 aliphatic heterocycles. The highest BCUT2D eigenvalue weighted by atomic mass is 35.5. The van der Waals surface area contributed by atoms with Crippen LogP contribution in [0.1, 0.15) is 26.1 Å². The van der Waals surface area contributed by atoms with E-state index in [2.05, 4.69) is 23.4 Å². The second-order valence-electron chi connectivity index (χ2n) is 5.55. The lowest BCUT2D eigenvalue weighted by atomic mass is 10.2. The molecule has 0 spiro atoms. The van der Waals surface area contributed by atoms with Gasteiger partial charge in [0.2, 0.25) is 0 Å². The van der Waals surface area contributed by atoms with Crippen molar-refractivity contribution in [2.45, 2.75) is 33.2 Å². The van der Waals surface area contributed by atoms with Gasteiger partial charge >= 0.3 is 0 Å². The van der Waals surface area contributed by atoms with Crippen LogP contribution in [0.2, 0.25) is 5.02 Å². The van der Waals surface area contributed by atoms with E-state index in [1.54, 1.807) is 0 Å². The summed E-state index contributed by atoms with van der Waals surface area (Å²) in [5.74, 6) is 2.13. The molecule has 116 valence electrons. The summed E-state index contributed by atoms with van der Waals surface area (Å²) in [6.07, 6.45) is 1.69.